The van der Waals surface area contributed by atoms with Gasteiger partial charge in [0.15, 0.2) is 0 Å². The van der Waals surface area contributed by atoms with E-state index in [0.29, 0.717) is 5.56 Å². The van der Waals surface area contributed by atoms with Crippen molar-refractivity contribution in [2.75, 3.05) is 0 Å². The van der Waals surface area contributed by atoms with Crippen LogP contribution in [0.25, 0.3) is 0 Å². The first kappa shape index (κ1) is 11.7. The highest BCUT2D eigenvalue weighted by Crippen LogP contribution is 2.15. The molecule has 0 saturated carbocycles. The first-order valence-electron chi connectivity index (χ1n) is 5.14. The van der Waals surface area contributed by atoms with Gasteiger partial charge in [0.1, 0.15) is 0 Å². The Morgan fingerprint density at radius 1 is 1.47 bits per heavy atom. The van der Waals surface area contributed by atoms with Gasteiger partial charge in [-0.3, -0.25) is 4.89 Å². The molecule has 0 unspecified atom stereocenters. The minimum atomic E-state index is -0.680. The molecule has 0 aromatic heterocycles. The standard InChI is InChI=1S/C12H16O3/c1-3-4-5-10-8-9(2)6-7-11(10)12(13)15-14/h6-8,14H,3-5H2,1-2H3. The Balaban J connectivity index is 2.97. The zero-order valence-corrected chi connectivity index (χ0v) is 9.12. The van der Waals surface area contributed by atoms with Crippen molar-refractivity contribution in [3.8, 4) is 0 Å². The van der Waals surface area contributed by atoms with Crippen LogP contribution in [0.15, 0.2) is 18.2 Å². The van der Waals surface area contributed by atoms with Gasteiger partial charge in [-0.2, -0.15) is 5.26 Å². The molecule has 0 saturated heterocycles. The Bertz CT molecular complexity index is 345. The van der Waals surface area contributed by atoms with Gasteiger partial charge in [-0.1, -0.05) is 31.0 Å². The van der Waals surface area contributed by atoms with Gasteiger partial charge in [0.2, 0.25) is 0 Å². The van der Waals surface area contributed by atoms with Crippen molar-refractivity contribution in [3.05, 3.63) is 34.9 Å². The van der Waals surface area contributed by atoms with E-state index in [1.807, 2.05) is 19.1 Å². The number of carbonyl (C=O) groups is 1. The highest BCUT2D eigenvalue weighted by atomic mass is 17.1. The molecular weight excluding hydrogens is 192 g/mol. The molecule has 0 spiro atoms. The van der Waals surface area contributed by atoms with Gasteiger partial charge in [0.25, 0.3) is 0 Å². The largest absolute Gasteiger partial charge is 0.373 e. The molecule has 0 heterocycles. The van der Waals surface area contributed by atoms with Crippen LogP contribution in [0.4, 0.5) is 0 Å². The average Bonchev–Trinajstić information content (AvgIpc) is 2.25. The predicted octanol–water partition coefficient (Wildman–Crippen LogP) is 2.97. The van der Waals surface area contributed by atoms with E-state index in [2.05, 4.69) is 11.8 Å². The van der Waals surface area contributed by atoms with Gasteiger partial charge in [-0.15, -0.1) is 0 Å². The molecule has 82 valence electrons. The molecule has 1 rings (SSSR count). The maximum Gasteiger partial charge on any atom is 0.373 e. The van der Waals surface area contributed by atoms with Crippen LogP contribution >= 0.6 is 0 Å². The van der Waals surface area contributed by atoms with Crippen molar-refractivity contribution in [1.82, 2.24) is 0 Å². The molecule has 0 radical (unpaired) electrons. The second kappa shape index (κ2) is 5.51. The SMILES string of the molecule is CCCCc1cc(C)ccc1C(=O)OO. The molecule has 15 heavy (non-hydrogen) atoms. The van der Waals surface area contributed by atoms with Gasteiger partial charge < -0.3 is 0 Å². The maximum atomic E-state index is 11.2. The summed E-state index contributed by atoms with van der Waals surface area (Å²) >= 11 is 0. The monoisotopic (exact) mass is 208 g/mol. The van der Waals surface area contributed by atoms with E-state index >= 15 is 0 Å². The Kier molecular flexibility index (Phi) is 4.31. The molecule has 0 amide bonds. The van der Waals surface area contributed by atoms with Crippen LogP contribution in [0.3, 0.4) is 0 Å². The summed E-state index contributed by atoms with van der Waals surface area (Å²) in [6.45, 7) is 4.07. The number of rotatable bonds is 4. The summed E-state index contributed by atoms with van der Waals surface area (Å²) < 4.78 is 0. The highest BCUT2D eigenvalue weighted by molar-refractivity contribution is 5.90. The molecule has 0 bridgehead atoms. The Hall–Kier alpha value is -1.35. The van der Waals surface area contributed by atoms with E-state index in [1.54, 1.807) is 6.07 Å². The maximum absolute atomic E-state index is 11.2. The van der Waals surface area contributed by atoms with Crippen LogP contribution in [0.2, 0.25) is 0 Å². The van der Waals surface area contributed by atoms with Gasteiger partial charge in [-0.05, 0) is 31.4 Å². The van der Waals surface area contributed by atoms with Crippen LogP contribution in [-0.2, 0) is 11.3 Å². The van der Waals surface area contributed by atoms with E-state index in [-0.39, 0.29) is 0 Å². The van der Waals surface area contributed by atoms with Crippen LogP contribution in [0, 0.1) is 6.92 Å². The van der Waals surface area contributed by atoms with Crippen molar-refractivity contribution in [2.45, 2.75) is 33.1 Å². The molecule has 1 aromatic rings. The molecule has 0 aliphatic heterocycles. The minimum absolute atomic E-state index is 0.455. The topological polar surface area (TPSA) is 46.5 Å². The third-order valence-electron chi connectivity index (χ3n) is 2.36. The lowest BCUT2D eigenvalue weighted by Gasteiger charge is -2.07. The number of aryl methyl sites for hydroxylation is 2. The smallest absolute Gasteiger partial charge is 0.295 e. The lowest BCUT2D eigenvalue weighted by Crippen LogP contribution is -2.06. The zero-order chi connectivity index (χ0) is 11.3. The molecule has 3 nitrogen and oxygen atoms in total. The summed E-state index contributed by atoms with van der Waals surface area (Å²) in [6, 6.07) is 5.49. The predicted molar refractivity (Wildman–Crippen MR) is 57.8 cm³/mol. The fourth-order valence-corrected chi connectivity index (χ4v) is 1.54. The summed E-state index contributed by atoms with van der Waals surface area (Å²) in [5, 5.41) is 8.36. The van der Waals surface area contributed by atoms with Gasteiger partial charge in [0.05, 0.1) is 5.56 Å². The van der Waals surface area contributed by atoms with E-state index in [9.17, 15) is 4.79 Å². The van der Waals surface area contributed by atoms with Crippen LogP contribution in [-0.4, -0.2) is 11.2 Å². The van der Waals surface area contributed by atoms with E-state index in [0.717, 1.165) is 30.4 Å². The van der Waals surface area contributed by atoms with Crippen molar-refractivity contribution in [1.29, 1.82) is 0 Å². The summed E-state index contributed by atoms with van der Waals surface area (Å²) in [5.74, 6) is -0.680. The number of unbranched alkanes of at least 4 members (excludes halogenated alkanes) is 1. The second-order valence-corrected chi connectivity index (χ2v) is 3.64. The lowest BCUT2D eigenvalue weighted by atomic mass is 10.00. The van der Waals surface area contributed by atoms with Crippen molar-refractivity contribution >= 4 is 5.97 Å². The van der Waals surface area contributed by atoms with Crippen LogP contribution in [0.5, 0.6) is 0 Å². The first-order chi connectivity index (χ1) is 7.19. The van der Waals surface area contributed by atoms with Crippen molar-refractivity contribution < 1.29 is 14.9 Å². The highest BCUT2D eigenvalue weighted by Gasteiger charge is 2.12. The normalized spacial score (nSPS) is 10.1. The van der Waals surface area contributed by atoms with E-state index in [4.69, 9.17) is 5.26 Å². The number of carbonyl (C=O) groups excluding carboxylic acids is 1. The zero-order valence-electron chi connectivity index (χ0n) is 9.12. The first-order valence-corrected chi connectivity index (χ1v) is 5.14. The Morgan fingerprint density at radius 2 is 2.20 bits per heavy atom. The third kappa shape index (κ3) is 3.06. The summed E-state index contributed by atoms with van der Waals surface area (Å²) in [7, 11) is 0. The van der Waals surface area contributed by atoms with Crippen molar-refractivity contribution in [3.63, 3.8) is 0 Å². The molecule has 1 N–H and O–H groups in total. The van der Waals surface area contributed by atoms with Crippen molar-refractivity contribution in [2.24, 2.45) is 0 Å². The summed E-state index contributed by atoms with van der Waals surface area (Å²) in [4.78, 5) is 15.0. The number of hydrogen-bond donors (Lipinski definition) is 1. The van der Waals surface area contributed by atoms with Crippen LogP contribution in [0.1, 0.15) is 41.3 Å². The summed E-state index contributed by atoms with van der Waals surface area (Å²) in [5.41, 5.74) is 2.50. The molecular formula is C12H16O3. The van der Waals surface area contributed by atoms with Gasteiger partial charge in [0, 0.05) is 0 Å². The van der Waals surface area contributed by atoms with E-state index < -0.39 is 5.97 Å². The fraction of sp³-hybridized carbons (Fsp3) is 0.417. The Labute approximate surface area is 89.6 Å². The second-order valence-electron chi connectivity index (χ2n) is 3.64. The molecule has 0 aliphatic carbocycles. The quantitative estimate of drug-likeness (QED) is 0.611. The van der Waals surface area contributed by atoms with Gasteiger partial charge >= 0.3 is 5.97 Å². The molecule has 1 aromatic carbocycles. The Morgan fingerprint density at radius 3 is 2.80 bits per heavy atom. The minimum Gasteiger partial charge on any atom is -0.295 e. The van der Waals surface area contributed by atoms with Crippen LogP contribution < -0.4 is 0 Å². The third-order valence-corrected chi connectivity index (χ3v) is 2.36. The molecule has 0 fully saturated rings. The molecule has 0 aliphatic rings. The summed E-state index contributed by atoms with van der Waals surface area (Å²) in [6.07, 6.45) is 2.93. The lowest BCUT2D eigenvalue weighted by molar-refractivity contribution is -0.182. The number of hydrogen-bond acceptors (Lipinski definition) is 3. The fourth-order valence-electron chi connectivity index (χ4n) is 1.54. The van der Waals surface area contributed by atoms with E-state index in [1.165, 1.54) is 0 Å². The molecule has 3 heteroatoms. The average molecular weight is 208 g/mol. The molecule has 0 atom stereocenters. The van der Waals surface area contributed by atoms with Gasteiger partial charge in [-0.25, -0.2) is 4.79 Å². The number of benzene rings is 1.